The van der Waals surface area contributed by atoms with Crippen LogP contribution in [0.1, 0.15) is 32.1 Å². The number of carbonyl (C=O) groups is 2. The first-order chi connectivity index (χ1) is 8.02. The maximum Gasteiger partial charge on any atom is 0.329 e. The van der Waals surface area contributed by atoms with Gasteiger partial charge in [-0.05, 0) is 12.8 Å². The summed E-state index contributed by atoms with van der Waals surface area (Å²) in [6, 6.07) is -0.424. The fraction of sp³-hybridized carbons (Fsp3) is 0.667. The van der Waals surface area contributed by atoms with Crippen LogP contribution >= 0.6 is 0 Å². The molecule has 2 N–H and O–H groups in total. The van der Waals surface area contributed by atoms with Crippen molar-refractivity contribution < 1.29 is 14.7 Å². The Morgan fingerprint density at radius 2 is 2.00 bits per heavy atom. The second kappa shape index (κ2) is 5.58. The van der Waals surface area contributed by atoms with Gasteiger partial charge in [-0.25, -0.2) is 9.59 Å². The van der Waals surface area contributed by atoms with Gasteiger partial charge >= 0.3 is 12.0 Å². The number of hydrogen-bond donors (Lipinski definition) is 2. The van der Waals surface area contributed by atoms with Crippen molar-refractivity contribution in [2.75, 3.05) is 13.6 Å². The molecular weight excluding hydrogens is 220 g/mol. The fourth-order valence-electron chi connectivity index (χ4n) is 2.06. The summed E-state index contributed by atoms with van der Waals surface area (Å²) in [7, 11) is 1.55. The zero-order chi connectivity index (χ0) is 12.9. The number of nitrogens with one attached hydrogen (secondary N) is 1. The topological polar surface area (TPSA) is 69.6 Å². The molecule has 1 fully saturated rings. The number of amides is 2. The van der Waals surface area contributed by atoms with Crippen molar-refractivity contribution in [3.63, 3.8) is 0 Å². The first kappa shape index (κ1) is 13.4. The molecule has 0 radical (unpaired) electrons. The summed E-state index contributed by atoms with van der Waals surface area (Å²) in [5, 5.41) is 11.9. The molecule has 0 atom stereocenters. The third-order valence-corrected chi connectivity index (χ3v) is 3.14. The smallest absolute Gasteiger partial charge is 0.329 e. The van der Waals surface area contributed by atoms with E-state index in [4.69, 9.17) is 6.42 Å². The van der Waals surface area contributed by atoms with Crippen molar-refractivity contribution in [1.29, 1.82) is 0 Å². The third kappa shape index (κ3) is 3.13. The van der Waals surface area contributed by atoms with Crippen LogP contribution in [0.4, 0.5) is 4.79 Å². The van der Waals surface area contributed by atoms with Gasteiger partial charge in [0.1, 0.15) is 5.54 Å². The Bertz CT molecular complexity index is 340. The Morgan fingerprint density at radius 3 is 2.47 bits per heavy atom. The van der Waals surface area contributed by atoms with E-state index in [0.29, 0.717) is 12.8 Å². The molecule has 5 heteroatoms. The largest absolute Gasteiger partial charge is 0.480 e. The normalized spacial score (nSPS) is 17.9. The van der Waals surface area contributed by atoms with Crippen LogP contribution in [0.25, 0.3) is 0 Å². The van der Waals surface area contributed by atoms with Crippen molar-refractivity contribution in [3.8, 4) is 12.3 Å². The van der Waals surface area contributed by atoms with Crippen molar-refractivity contribution in [2.24, 2.45) is 0 Å². The number of rotatable bonds is 3. The van der Waals surface area contributed by atoms with Crippen LogP contribution in [0.5, 0.6) is 0 Å². The molecule has 2 amide bonds. The number of nitrogens with zero attached hydrogens (tertiary/aromatic N) is 1. The van der Waals surface area contributed by atoms with E-state index in [9.17, 15) is 14.7 Å². The lowest BCUT2D eigenvalue weighted by Gasteiger charge is -2.35. The van der Waals surface area contributed by atoms with E-state index in [1.807, 2.05) is 0 Å². The molecule has 0 heterocycles. The lowest BCUT2D eigenvalue weighted by Crippen LogP contribution is -2.58. The number of hydrogen-bond acceptors (Lipinski definition) is 2. The molecule has 0 aromatic rings. The van der Waals surface area contributed by atoms with Crippen LogP contribution in [-0.2, 0) is 4.79 Å². The summed E-state index contributed by atoms with van der Waals surface area (Å²) in [4.78, 5) is 24.4. The molecule has 0 spiro atoms. The first-order valence-corrected chi connectivity index (χ1v) is 5.72. The van der Waals surface area contributed by atoms with Crippen molar-refractivity contribution >= 4 is 12.0 Å². The van der Waals surface area contributed by atoms with Crippen molar-refractivity contribution in [3.05, 3.63) is 0 Å². The Labute approximate surface area is 101 Å². The highest BCUT2D eigenvalue weighted by molar-refractivity contribution is 5.86. The minimum absolute atomic E-state index is 0.168. The second-order valence-corrected chi connectivity index (χ2v) is 4.44. The first-order valence-electron chi connectivity index (χ1n) is 5.72. The van der Waals surface area contributed by atoms with E-state index in [1.165, 1.54) is 4.90 Å². The van der Waals surface area contributed by atoms with Crippen LogP contribution in [0.2, 0.25) is 0 Å². The molecule has 0 bridgehead atoms. The van der Waals surface area contributed by atoms with Gasteiger partial charge in [-0.2, -0.15) is 0 Å². The molecule has 0 aliphatic heterocycles. The molecule has 1 saturated carbocycles. The number of carboxylic acids is 1. The Kier molecular flexibility index (Phi) is 4.38. The van der Waals surface area contributed by atoms with Crippen LogP contribution in [0.3, 0.4) is 0 Å². The molecule has 5 nitrogen and oxygen atoms in total. The Hall–Kier alpha value is -1.70. The van der Waals surface area contributed by atoms with Crippen LogP contribution < -0.4 is 5.32 Å². The molecule has 1 aliphatic rings. The minimum Gasteiger partial charge on any atom is -0.480 e. The van der Waals surface area contributed by atoms with Gasteiger partial charge in [0.25, 0.3) is 0 Å². The van der Waals surface area contributed by atoms with Gasteiger partial charge in [-0.3, -0.25) is 0 Å². The molecule has 94 valence electrons. The maximum absolute atomic E-state index is 11.8. The number of aliphatic carboxylic acids is 1. The second-order valence-electron chi connectivity index (χ2n) is 4.44. The van der Waals surface area contributed by atoms with Crippen LogP contribution in [-0.4, -0.2) is 41.1 Å². The maximum atomic E-state index is 11.8. The monoisotopic (exact) mass is 238 g/mol. The quantitative estimate of drug-likeness (QED) is 0.722. The average molecular weight is 238 g/mol. The predicted octanol–water partition coefficient (Wildman–Crippen LogP) is 1.05. The predicted molar refractivity (Wildman–Crippen MR) is 63.4 cm³/mol. The van der Waals surface area contributed by atoms with Gasteiger partial charge < -0.3 is 15.3 Å². The van der Waals surface area contributed by atoms with E-state index >= 15 is 0 Å². The lowest BCUT2D eigenvalue weighted by molar-refractivity contribution is -0.145. The lowest BCUT2D eigenvalue weighted by atomic mass is 9.82. The number of carbonyl (C=O) groups excluding carboxylic acids is 1. The summed E-state index contributed by atoms with van der Waals surface area (Å²) in [6.07, 6.45) is 8.74. The van der Waals surface area contributed by atoms with E-state index in [-0.39, 0.29) is 6.54 Å². The summed E-state index contributed by atoms with van der Waals surface area (Å²) in [5.74, 6) is 1.39. The van der Waals surface area contributed by atoms with Gasteiger partial charge in [0.2, 0.25) is 0 Å². The highest BCUT2D eigenvalue weighted by atomic mass is 16.4. The molecule has 0 aromatic carbocycles. The SMILES string of the molecule is C#CCN(C)C(=O)NC1(C(=O)O)CCCCC1. The van der Waals surface area contributed by atoms with Gasteiger partial charge in [0.15, 0.2) is 0 Å². The zero-order valence-electron chi connectivity index (χ0n) is 10.0. The summed E-state index contributed by atoms with van der Waals surface area (Å²) in [5.41, 5.74) is -1.11. The molecule has 0 saturated heterocycles. The number of terminal acetylenes is 1. The summed E-state index contributed by atoms with van der Waals surface area (Å²) in [6.45, 7) is 0.168. The standard InChI is InChI=1S/C12H18N2O3/c1-3-9-14(2)11(17)13-12(10(15)16)7-5-4-6-8-12/h1H,4-9H2,2H3,(H,13,17)(H,15,16). The zero-order valence-corrected chi connectivity index (χ0v) is 10.0. The fourth-order valence-corrected chi connectivity index (χ4v) is 2.06. The van der Waals surface area contributed by atoms with Gasteiger partial charge in [-0.15, -0.1) is 6.42 Å². The van der Waals surface area contributed by atoms with Crippen LogP contribution in [0, 0.1) is 12.3 Å². The summed E-state index contributed by atoms with van der Waals surface area (Å²) >= 11 is 0. The third-order valence-electron chi connectivity index (χ3n) is 3.14. The van der Waals surface area contributed by atoms with E-state index in [0.717, 1.165) is 19.3 Å². The molecule has 0 aromatic heterocycles. The van der Waals surface area contributed by atoms with Gasteiger partial charge in [0.05, 0.1) is 6.54 Å². The summed E-state index contributed by atoms with van der Waals surface area (Å²) < 4.78 is 0. The van der Waals surface area contributed by atoms with Crippen molar-refractivity contribution in [1.82, 2.24) is 10.2 Å². The minimum atomic E-state index is -1.11. The molecule has 0 unspecified atom stereocenters. The molecular formula is C12H18N2O3. The number of urea groups is 1. The highest BCUT2D eigenvalue weighted by Gasteiger charge is 2.41. The van der Waals surface area contributed by atoms with E-state index < -0.39 is 17.5 Å². The van der Waals surface area contributed by atoms with E-state index in [1.54, 1.807) is 7.05 Å². The Morgan fingerprint density at radius 1 is 1.41 bits per heavy atom. The van der Waals surface area contributed by atoms with E-state index in [2.05, 4.69) is 11.2 Å². The van der Waals surface area contributed by atoms with Gasteiger partial charge in [-0.1, -0.05) is 25.2 Å². The highest BCUT2D eigenvalue weighted by Crippen LogP contribution is 2.28. The number of carboxylic acid groups (broad SMARTS) is 1. The van der Waals surface area contributed by atoms with Crippen LogP contribution in [0.15, 0.2) is 0 Å². The molecule has 17 heavy (non-hydrogen) atoms. The average Bonchev–Trinajstić information content (AvgIpc) is 2.30. The molecule has 1 aliphatic carbocycles. The van der Waals surface area contributed by atoms with Crippen molar-refractivity contribution in [2.45, 2.75) is 37.6 Å². The van der Waals surface area contributed by atoms with Gasteiger partial charge in [0, 0.05) is 7.05 Å². The molecule has 1 rings (SSSR count). The Balaban J connectivity index is 2.70.